The molecule has 4 unspecified atom stereocenters. The van der Waals surface area contributed by atoms with Gasteiger partial charge in [-0.1, -0.05) is 24.3 Å². The Bertz CT molecular complexity index is 1580. The summed E-state index contributed by atoms with van der Waals surface area (Å²) in [6, 6.07) is 9.31. The Morgan fingerprint density at radius 1 is 1.14 bits per heavy atom. The Labute approximate surface area is 249 Å². The van der Waals surface area contributed by atoms with Gasteiger partial charge in [0.2, 0.25) is 11.9 Å². The van der Waals surface area contributed by atoms with Gasteiger partial charge in [-0.25, -0.2) is 27.5 Å². The highest BCUT2D eigenvalue weighted by Gasteiger charge is 2.49. The third-order valence-electron chi connectivity index (χ3n) is 7.79. The second kappa shape index (κ2) is 12.7. The van der Waals surface area contributed by atoms with Gasteiger partial charge in [0.05, 0.1) is 0 Å². The summed E-state index contributed by atoms with van der Waals surface area (Å²) in [6.45, 7) is 0. The minimum Gasteiger partial charge on any atom is -0.383 e. The molecule has 2 fully saturated rings. The maximum atomic E-state index is 15.4. The van der Waals surface area contributed by atoms with Crippen LogP contribution in [0.25, 0.3) is 0 Å². The van der Waals surface area contributed by atoms with Crippen LogP contribution < -0.4 is 15.1 Å². The number of hydrogen-bond donors (Lipinski definition) is 3. The Hall–Kier alpha value is -4.45. The monoisotopic (exact) mass is 612 g/mol. The maximum Gasteiger partial charge on any atom is 0.259 e. The number of carbonyl (C=O) groups is 2. The van der Waals surface area contributed by atoms with Crippen molar-refractivity contribution in [3.8, 4) is 6.07 Å². The van der Waals surface area contributed by atoms with Crippen LogP contribution in [0.1, 0.15) is 49.4 Å². The van der Waals surface area contributed by atoms with E-state index < -0.39 is 79.1 Å². The zero-order valence-corrected chi connectivity index (χ0v) is 23.2. The summed E-state index contributed by atoms with van der Waals surface area (Å²) in [6.07, 6.45) is -3.60. The van der Waals surface area contributed by atoms with E-state index in [1.807, 2.05) is 0 Å². The predicted octanol–water partition coefficient (Wildman–Crippen LogP) is 3.35. The van der Waals surface area contributed by atoms with E-state index in [9.17, 15) is 38.2 Å². The SMILES string of the molecule is N#Cc1ccnc(N2C(=O)C(O)CC2C(=O)N(c2cccc(F)c2)C(c2ccccc2F)C(O)NC2CCC(F)(F)CC2)n1. The number of aliphatic hydroxyl groups is 2. The number of rotatable bonds is 8. The van der Waals surface area contributed by atoms with Gasteiger partial charge in [0.25, 0.3) is 11.8 Å². The first-order valence-electron chi connectivity index (χ1n) is 13.9. The first kappa shape index (κ1) is 31.0. The molecular weight excluding hydrogens is 584 g/mol. The molecule has 1 saturated carbocycles. The minimum atomic E-state index is -2.86. The number of benzene rings is 2. The van der Waals surface area contributed by atoms with Crippen molar-refractivity contribution in [3.63, 3.8) is 0 Å². The van der Waals surface area contributed by atoms with Crippen molar-refractivity contribution in [1.82, 2.24) is 15.3 Å². The van der Waals surface area contributed by atoms with Gasteiger partial charge in [-0.15, -0.1) is 0 Å². The first-order valence-corrected chi connectivity index (χ1v) is 13.9. The maximum absolute atomic E-state index is 15.4. The molecule has 2 amide bonds. The molecule has 1 aliphatic heterocycles. The second-order valence-corrected chi connectivity index (χ2v) is 10.7. The van der Waals surface area contributed by atoms with Gasteiger partial charge in [-0.3, -0.25) is 24.7 Å². The lowest BCUT2D eigenvalue weighted by molar-refractivity contribution is -0.125. The fraction of sp³-hybridized carbons (Fsp3) is 0.367. The van der Waals surface area contributed by atoms with Crippen LogP contribution in [0.4, 0.5) is 29.2 Å². The zero-order valence-electron chi connectivity index (χ0n) is 23.2. The number of alkyl halides is 2. The second-order valence-electron chi connectivity index (χ2n) is 10.7. The normalized spacial score (nSPS) is 21.5. The van der Waals surface area contributed by atoms with Crippen LogP contribution in [0.15, 0.2) is 60.8 Å². The number of carbonyl (C=O) groups excluding carboxylic acids is 2. The lowest BCUT2D eigenvalue weighted by Crippen LogP contribution is -2.55. The van der Waals surface area contributed by atoms with Gasteiger partial charge in [-0.05, 0) is 43.2 Å². The van der Waals surface area contributed by atoms with Crippen LogP contribution in [-0.2, 0) is 9.59 Å². The summed E-state index contributed by atoms with van der Waals surface area (Å²) in [5.41, 5.74) is -0.440. The van der Waals surface area contributed by atoms with E-state index in [2.05, 4.69) is 15.3 Å². The largest absolute Gasteiger partial charge is 0.383 e. The fourth-order valence-electron chi connectivity index (χ4n) is 5.62. The van der Waals surface area contributed by atoms with Gasteiger partial charge in [0, 0.05) is 42.8 Å². The van der Waals surface area contributed by atoms with Gasteiger partial charge in [0.15, 0.2) is 0 Å². The Morgan fingerprint density at radius 2 is 1.86 bits per heavy atom. The molecule has 3 aromatic rings. The average Bonchev–Trinajstić information content (AvgIpc) is 3.30. The molecule has 14 heteroatoms. The number of halogens is 4. The summed E-state index contributed by atoms with van der Waals surface area (Å²) >= 11 is 0. The number of nitrogens with one attached hydrogen (secondary N) is 1. The predicted molar refractivity (Wildman–Crippen MR) is 148 cm³/mol. The number of anilines is 2. The molecule has 2 aromatic carbocycles. The van der Waals surface area contributed by atoms with Crippen LogP contribution >= 0.6 is 0 Å². The molecule has 3 N–H and O–H groups in total. The molecule has 5 rings (SSSR count). The van der Waals surface area contributed by atoms with E-state index in [-0.39, 0.29) is 35.7 Å². The Morgan fingerprint density at radius 3 is 2.55 bits per heavy atom. The van der Waals surface area contributed by atoms with Gasteiger partial charge in [-0.2, -0.15) is 5.26 Å². The molecule has 10 nitrogen and oxygen atoms in total. The fourth-order valence-corrected chi connectivity index (χ4v) is 5.62. The van der Waals surface area contributed by atoms with Crippen molar-refractivity contribution < 1.29 is 37.4 Å². The summed E-state index contributed by atoms with van der Waals surface area (Å²) in [5, 5.41) is 34.2. The molecule has 1 aromatic heterocycles. The zero-order chi connectivity index (χ0) is 31.6. The van der Waals surface area contributed by atoms with Gasteiger partial charge in [0.1, 0.15) is 47.8 Å². The van der Waals surface area contributed by atoms with Crippen molar-refractivity contribution in [2.24, 2.45) is 0 Å². The highest BCUT2D eigenvalue weighted by Crippen LogP contribution is 2.37. The molecule has 0 spiro atoms. The van der Waals surface area contributed by atoms with Crippen molar-refractivity contribution in [2.45, 2.75) is 68.5 Å². The molecule has 44 heavy (non-hydrogen) atoms. The smallest absolute Gasteiger partial charge is 0.259 e. The van der Waals surface area contributed by atoms with E-state index in [0.29, 0.717) is 0 Å². The number of amides is 2. The highest BCUT2D eigenvalue weighted by atomic mass is 19.3. The molecule has 1 saturated heterocycles. The van der Waals surface area contributed by atoms with E-state index in [0.717, 1.165) is 28.0 Å². The first-order chi connectivity index (χ1) is 21.0. The minimum absolute atomic E-state index is 0.00830. The summed E-state index contributed by atoms with van der Waals surface area (Å²) in [7, 11) is 0. The molecular formula is C30H28F4N6O4. The van der Waals surface area contributed by atoms with Crippen LogP contribution in [0.5, 0.6) is 0 Å². The lowest BCUT2D eigenvalue weighted by atomic mass is 9.91. The average molecular weight is 613 g/mol. The topological polar surface area (TPSA) is 143 Å². The molecule has 2 heterocycles. The lowest BCUT2D eigenvalue weighted by Gasteiger charge is -2.40. The molecule has 0 bridgehead atoms. The van der Waals surface area contributed by atoms with Crippen LogP contribution in [0.2, 0.25) is 0 Å². The van der Waals surface area contributed by atoms with Crippen LogP contribution in [0, 0.1) is 23.0 Å². The summed E-state index contributed by atoms with van der Waals surface area (Å²) in [5.74, 6) is -6.71. The van der Waals surface area contributed by atoms with E-state index >= 15 is 4.39 Å². The molecule has 4 atom stereocenters. The molecule has 1 aliphatic carbocycles. The van der Waals surface area contributed by atoms with Crippen LogP contribution in [0.3, 0.4) is 0 Å². The number of aromatic nitrogens is 2. The van der Waals surface area contributed by atoms with Gasteiger partial charge < -0.3 is 10.2 Å². The standard InChI is InChI=1S/C30H28F4N6O4/c31-17-4-3-5-20(14-17)39(27(43)23-15-24(41)28(44)40(23)29-36-13-10-19(16-35)38-29)25(21-6-1-2-7-22(21)32)26(42)37-18-8-11-30(33,34)12-9-18/h1-7,10,13-14,18,23-26,37,41-42H,8-9,11-12,15H2. The van der Waals surface area contributed by atoms with Crippen molar-refractivity contribution in [2.75, 3.05) is 9.80 Å². The summed E-state index contributed by atoms with van der Waals surface area (Å²) in [4.78, 5) is 37.3. The molecule has 230 valence electrons. The van der Waals surface area contributed by atoms with E-state index in [1.54, 1.807) is 6.07 Å². The number of hydrogen-bond acceptors (Lipinski definition) is 8. The highest BCUT2D eigenvalue weighted by molar-refractivity contribution is 6.09. The Balaban J connectivity index is 1.60. The third kappa shape index (κ3) is 6.40. The number of nitrogens with zero attached hydrogens (tertiary/aromatic N) is 5. The Kier molecular flexibility index (Phi) is 8.91. The van der Waals surface area contributed by atoms with E-state index in [1.165, 1.54) is 42.6 Å². The third-order valence-corrected chi connectivity index (χ3v) is 7.79. The van der Waals surface area contributed by atoms with Crippen molar-refractivity contribution in [1.29, 1.82) is 5.26 Å². The molecule has 0 radical (unpaired) electrons. The quantitative estimate of drug-likeness (QED) is 0.260. The number of aliphatic hydroxyl groups excluding tert-OH is 2. The summed E-state index contributed by atoms with van der Waals surface area (Å²) < 4.78 is 57.7. The van der Waals surface area contributed by atoms with E-state index in [4.69, 9.17) is 0 Å². The number of nitriles is 1. The van der Waals surface area contributed by atoms with Gasteiger partial charge >= 0.3 is 0 Å². The molecule has 2 aliphatic rings. The van der Waals surface area contributed by atoms with Crippen molar-refractivity contribution in [3.05, 3.63) is 83.7 Å². The van der Waals surface area contributed by atoms with Crippen LogP contribution in [-0.4, -0.2) is 62.3 Å². The van der Waals surface area contributed by atoms with Crippen molar-refractivity contribution >= 4 is 23.5 Å².